The summed E-state index contributed by atoms with van der Waals surface area (Å²) in [5.41, 5.74) is 11.4. The fourth-order valence-corrected chi connectivity index (χ4v) is 5.16. The molecule has 0 saturated heterocycles. The molecule has 2 aromatic rings. The van der Waals surface area contributed by atoms with Crippen LogP contribution in [0.3, 0.4) is 0 Å². The zero-order chi connectivity index (χ0) is 25.9. The molecular formula is C33H45Br. The molecule has 0 aromatic heterocycles. The molecule has 2 aromatic carbocycles. The third-order valence-corrected chi connectivity index (χ3v) is 7.97. The molecule has 0 saturated carbocycles. The predicted octanol–water partition coefficient (Wildman–Crippen LogP) is 10.1. The monoisotopic (exact) mass is 520 g/mol. The van der Waals surface area contributed by atoms with Crippen LogP contribution < -0.4 is 0 Å². The molecule has 0 nitrogen and oxygen atoms in total. The second-order valence-electron chi connectivity index (χ2n) is 14.2. The van der Waals surface area contributed by atoms with Crippen LogP contribution in [0.4, 0.5) is 0 Å². The minimum atomic E-state index is 0.107. The molecule has 0 aliphatic heterocycles. The molecule has 3 rings (SSSR count). The van der Waals surface area contributed by atoms with Gasteiger partial charge in [-0.15, -0.1) is 0 Å². The minimum absolute atomic E-state index is 0.107. The highest BCUT2D eigenvalue weighted by Gasteiger charge is 2.28. The van der Waals surface area contributed by atoms with Gasteiger partial charge in [-0.05, 0) is 66.2 Å². The number of benzene rings is 2. The van der Waals surface area contributed by atoms with E-state index in [1.54, 1.807) is 0 Å². The summed E-state index contributed by atoms with van der Waals surface area (Å²) in [7, 11) is 0. The van der Waals surface area contributed by atoms with E-state index in [-0.39, 0.29) is 26.5 Å². The lowest BCUT2D eigenvalue weighted by Gasteiger charge is -2.28. The van der Waals surface area contributed by atoms with Gasteiger partial charge in [-0.25, -0.2) is 0 Å². The molecule has 184 valence electrons. The van der Waals surface area contributed by atoms with Crippen LogP contribution in [0.2, 0.25) is 0 Å². The van der Waals surface area contributed by atoms with Crippen molar-refractivity contribution in [2.24, 2.45) is 0 Å². The van der Waals surface area contributed by atoms with Crippen LogP contribution in [-0.2, 0) is 21.7 Å². The van der Waals surface area contributed by atoms with Crippen LogP contribution >= 0.6 is 15.9 Å². The summed E-state index contributed by atoms with van der Waals surface area (Å²) >= 11 is 4.11. The van der Waals surface area contributed by atoms with Crippen LogP contribution in [0.1, 0.15) is 116 Å². The Morgan fingerprint density at radius 3 is 0.882 bits per heavy atom. The topological polar surface area (TPSA) is 0 Å². The second kappa shape index (κ2) is 8.81. The summed E-state index contributed by atoms with van der Waals surface area (Å²) in [4.78, 5) is 0.179. The van der Waals surface area contributed by atoms with Crippen molar-refractivity contribution in [2.45, 2.75) is 110 Å². The minimum Gasteiger partial charge on any atom is -0.0786 e. The summed E-state index contributed by atoms with van der Waals surface area (Å²) in [5.74, 6) is 0. The Bertz CT molecular complexity index is 973. The van der Waals surface area contributed by atoms with Crippen molar-refractivity contribution in [3.63, 3.8) is 0 Å². The van der Waals surface area contributed by atoms with Gasteiger partial charge < -0.3 is 0 Å². The van der Waals surface area contributed by atoms with Crippen molar-refractivity contribution in [1.29, 1.82) is 0 Å². The van der Waals surface area contributed by atoms with Crippen molar-refractivity contribution in [3.05, 3.63) is 81.9 Å². The number of halogens is 1. The van der Waals surface area contributed by atoms with Crippen molar-refractivity contribution >= 4 is 27.1 Å². The molecule has 0 heterocycles. The average Bonchev–Trinajstić information content (AvgIpc) is 3.06. The van der Waals surface area contributed by atoms with Crippen molar-refractivity contribution in [3.8, 4) is 0 Å². The number of hydrogen-bond donors (Lipinski definition) is 0. The zero-order valence-electron chi connectivity index (χ0n) is 23.6. The van der Waals surface area contributed by atoms with E-state index in [4.69, 9.17) is 0 Å². The Morgan fingerprint density at radius 1 is 0.441 bits per heavy atom. The Hall–Kier alpha value is -1.60. The highest BCUT2D eigenvalue weighted by atomic mass is 79.9. The Morgan fingerprint density at radius 2 is 0.676 bits per heavy atom. The average molecular weight is 522 g/mol. The second-order valence-corrected chi connectivity index (χ2v) is 15.1. The summed E-state index contributed by atoms with van der Waals surface area (Å²) in [6.07, 6.45) is 4.65. The largest absolute Gasteiger partial charge is 0.0786 e. The van der Waals surface area contributed by atoms with Crippen molar-refractivity contribution < 1.29 is 0 Å². The lowest BCUT2D eigenvalue weighted by atomic mass is 9.78. The summed E-state index contributed by atoms with van der Waals surface area (Å²) in [6, 6.07) is 14.4. The van der Waals surface area contributed by atoms with E-state index in [9.17, 15) is 0 Å². The zero-order valence-corrected chi connectivity index (χ0v) is 25.2. The first kappa shape index (κ1) is 27.0. The van der Waals surface area contributed by atoms with Gasteiger partial charge in [0.25, 0.3) is 0 Å². The van der Waals surface area contributed by atoms with E-state index in [0.29, 0.717) is 0 Å². The number of alkyl halides is 1. The van der Waals surface area contributed by atoms with Gasteiger partial charge in [-0.3, -0.25) is 0 Å². The quantitative estimate of drug-likeness (QED) is 0.345. The van der Waals surface area contributed by atoms with Crippen LogP contribution in [0.15, 0.2) is 48.6 Å². The molecule has 0 bridgehead atoms. The Labute approximate surface area is 218 Å². The number of rotatable bonds is 2. The maximum atomic E-state index is 4.11. The Balaban J connectivity index is 2.08. The third kappa shape index (κ3) is 5.78. The maximum Gasteiger partial charge on any atom is 0.0656 e. The molecule has 0 fully saturated rings. The van der Waals surface area contributed by atoms with Gasteiger partial charge in [0.05, 0.1) is 4.83 Å². The fourth-order valence-electron chi connectivity index (χ4n) is 4.32. The molecule has 34 heavy (non-hydrogen) atoms. The van der Waals surface area contributed by atoms with Gasteiger partial charge >= 0.3 is 0 Å². The number of hydrogen-bond acceptors (Lipinski definition) is 0. The first-order valence-corrected chi connectivity index (χ1v) is 13.6. The summed E-state index contributed by atoms with van der Waals surface area (Å²) in [6.45, 7) is 27.7. The Kier molecular flexibility index (Phi) is 6.99. The van der Waals surface area contributed by atoms with E-state index < -0.39 is 0 Å². The van der Waals surface area contributed by atoms with Gasteiger partial charge in [0, 0.05) is 0 Å². The highest BCUT2D eigenvalue weighted by Crippen LogP contribution is 2.43. The van der Waals surface area contributed by atoms with E-state index in [2.05, 4.69) is 148 Å². The van der Waals surface area contributed by atoms with E-state index >= 15 is 0 Å². The molecule has 0 atom stereocenters. The summed E-state index contributed by atoms with van der Waals surface area (Å²) in [5, 5.41) is 0. The van der Waals surface area contributed by atoms with Gasteiger partial charge in [-0.2, -0.15) is 0 Å². The smallest absolute Gasteiger partial charge is 0.0656 e. The van der Waals surface area contributed by atoms with E-state index in [1.807, 2.05) is 0 Å². The molecule has 1 heteroatoms. The predicted molar refractivity (Wildman–Crippen MR) is 156 cm³/mol. The van der Waals surface area contributed by atoms with Gasteiger partial charge in [0.15, 0.2) is 0 Å². The van der Waals surface area contributed by atoms with Crippen LogP contribution in [-0.4, -0.2) is 4.83 Å². The first-order chi connectivity index (χ1) is 15.3. The van der Waals surface area contributed by atoms with Gasteiger partial charge in [0.1, 0.15) is 0 Å². The molecule has 0 amide bonds. The molecule has 0 unspecified atom stereocenters. The van der Waals surface area contributed by atoms with E-state index in [1.165, 1.54) is 44.5 Å². The molecule has 1 aliphatic rings. The lowest BCUT2D eigenvalue weighted by molar-refractivity contribution is 0.568. The molecule has 0 radical (unpaired) electrons. The SMILES string of the molecule is CC(C)(C)c1cc(C2=CC=C(c3cc(C(C)(C)C)cc(C(C)(C)C)c3)C2Br)cc(C(C)(C)C)c1. The van der Waals surface area contributed by atoms with Gasteiger partial charge in [-0.1, -0.05) is 148 Å². The molecular weight excluding hydrogens is 476 g/mol. The highest BCUT2D eigenvalue weighted by molar-refractivity contribution is 9.10. The van der Waals surface area contributed by atoms with Gasteiger partial charge in [0.2, 0.25) is 0 Å². The van der Waals surface area contributed by atoms with Crippen molar-refractivity contribution in [2.75, 3.05) is 0 Å². The van der Waals surface area contributed by atoms with Crippen LogP contribution in [0.5, 0.6) is 0 Å². The van der Waals surface area contributed by atoms with Crippen LogP contribution in [0, 0.1) is 0 Å². The lowest BCUT2D eigenvalue weighted by Crippen LogP contribution is -2.18. The standard InChI is InChI=1S/C33H45Br/c1-30(2,3)23-15-21(16-24(19-23)31(4,5)6)27-13-14-28(29(27)34)22-17-25(32(7,8)9)20-26(18-22)33(10,11)12/h13-20,29H,1-12H3. The fraction of sp³-hybridized carbons (Fsp3) is 0.515. The third-order valence-electron chi connectivity index (χ3n) is 6.99. The summed E-state index contributed by atoms with van der Waals surface area (Å²) < 4.78 is 0. The van der Waals surface area contributed by atoms with E-state index in [0.717, 1.165) is 0 Å². The molecule has 0 spiro atoms. The number of allylic oxidation sites excluding steroid dienone is 4. The first-order valence-electron chi connectivity index (χ1n) is 12.7. The van der Waals surface area contributed by atoms with Crippen molar-refractivity contribution in [1.82, 2.24) is 0 Å². The molecule has 0 N–H and O–H groups in total. The molecule has 1 aliphatic carbocycles. The van der Waals surface area contributed by atoms with Crippen LogP contribution in [0.25, 0.3) is 11.1 Å². The normalized spacial score (nSPS) is 16.0. The maximum absolute atomic E-state index is 4.11.